The van der Waals surface area contributed by atoms with Crippen molar-refractivity contribution in [2.75, 3.05) is 6.54 Å². The zero-order valence-corrected chi connectivity index (χ0v) is 10.5. The minimum Gasteiger partial charge on any atom is -0.313 e. The second-order valence-electron chi connectivity index (χ2n) is 5.82. The van der Waals surface area contributed by atoms with Crippen molar-refractivity contribution in [3.05, 3.63) is 35.9 Å². The molecule has 1 fully saturated rings. The van der Waals surface area contributed by atoms with E-state index in [0.717, 1.165) is 6.54 Å². The summed E-state index contributed by atoms with van der Waals surface area (Å²) in [7, 11) is 0. The van der Waals surface area contributed by atoms with Crippen LogP contribution in [0.4, 0.5) is 0 Å². The summed E-state index contributed by atoms with van der Waals surface area (Å²) in [4.78, 5) is 0. The van der Waals surface area contributed by atoms with Gasteiger partial charge in [-0.25, -0.2) is 0 Å². The molecule has 1 aliphatic heterocycles. The highest BCUT2D eigenvalue weighted by atomic mass is 14.9. The Labute approximate surface area is 99.3 Å². The molecule has 0 spiro atoms. The van der Waals surface area contributed by atoms with Crippen molar-refractivity contribution in [3.63, 3.8) is 0 Å². The lowest BCUT2D eigenvalue weighted by Crippen LogP contribution is -2.35. The first-order valence-electron chi connectivity index (χ1n) is 6.43. The highest BCUT2D eigenvalue weighted by molar-refractivity contribution is 5.16. The molecule has 2 rings (SSSR count). The predicted octanol–water partition coefficient (Wildman–Crippen LogP) is 3.40. The van der Waals surface area contributed by atoms with E-state index in [2.05, 4.69) is 49.5 Å². The summed E-state index contributed by atoms with van der Waals surface area (Å²) < 4.78 is 0. The summed E-state index contributed by atoms with van der Waals surface area (Å²) in [5.74, 6) is 0. The van der Waals surface area contributed by atoms with Gasteiger partial charge >= 0.3 is 0 Å². The molecule has 0 bridgehead atoms. The van der Waals surface area contributed by atoms with Gasteiger partial charge in [-0.05, 0) is 30.2 Å². The van der Waals surface area contributed by atoms with Crippen LogP contribution in [-0.4, -0.2) is 12.6 Å². The first kappa shape index (κ1) is 11.7. The van der Waals surface area contributed by atoms with E-state index in [1.54, 1.807) is 0 Å². The molecule has 1 aliphatic rings. The van der Waals surface area contributed by atoms with Crippen LogP contribution in [0.3, 0.4) is 0 Å². The third-order valence-electron chi connectivity index (χ3n) is 3.60. The highest BCUT2D eigenvalue weighted by Crippen LogP contribution is 2.26. The SMILES string of the molecule is CC1(C)CCC[C@H](Cc2ccccc2)NC1. The van der Waals surface area contributed by atoms with Gasteiger partial charge in [0.1, 0.15) is 0 Å². The summed E-state index contributed by atoms with van der Waals surface area (Å²) >= 11 is 0. The number of hydrogen-bond acceptors (Lipinski definition) is 1. The molecule has 0 amide bonds. The summed E-state index contributed by atoms with van der Waals surface area (Å²) in [6, 6.07) is 11.5. The van der Waals surface area contributed by atoms with Gasteiger partial charge in [0.05, 0.1) is 0 Å². The van der Waals surface area contributed by atoms with Gasteiger partial charge in [0.25, 0.3) is 0 Å². The highest BCUT2D eigenvalue weighted by Gasteiger charge is 2.23. The van der Waals surface area contributed by atoms with Crippen LogP contribution in [0.25, 0.3) is 0 Å². The Morgan fingerprint density at radius 2 is 2.00 bits per heavy atom. The Balaban J connectivity index is 1.92. The maximum atomic E-state index is 3.72. The van der Waals surface area contributed by atoms with Crippen molar-refractivity contribution in [1.82, 2.24) is 5.32 Å². The second kappa shape index (κ2) is 5.01. The van der Waals surface area contributed by atoms with E-state index in [-0.39, 0.29) is 0 Å². The van der Waals surface area contributed by atoms with Crippen LogP contribution >= 0.6 is 0 Å². The van der Waals surface area contributed by atoms with Gasteiger partial charge in [-0.3, -0.25) is 0 Å². The maximum Gasteiger partial charge on any atom is 0.0108 e. The molecule has 0 saturated carbocycles. The summed E-state index contributed by atoms with van der Waals surface area (Å²) in [6.45, 7) is 5.89. The van der Waals surface area contributed by atoms with E-state index in [1.165, 1.54) is 31.2 Å². The minimum atomic E-state index is 0.478. The molecule has 88 valence electrons. The van der Waals surface area contributed by atoms with Crippen LogP contribution < -0.4 is 5.32 Å². The molecule has 1 aromatic carbocycles. The predicted molar refractivity (Wildman–Crippen MR) is 69.6 cm³/mol. The standard InChI is InChI=1S/C15H23N/c1-15(2)10-6-9-14(16-12-15)11-13-7-4-3-5-8-13/h3-5,7-8,14,16H,6,9-12H2,1-2H3/t14-/m1/s1. The molecule has 0 radical (unpaired) electrons. The van der Waals surface area contributed by atoms with Crippen molar-refractivity contribution in [2.45, 2.75) is 45.6 Å². The van der Waals surface area contributed by atoms with E-state index in [9.17, 15) is 0 Å². The fourth-order valence-electron chi connectivity index (χ4n) is 2.51. The van der Waals surface area contributed by atoms with Crippen molar-refractivity contribution in [2.24, 2.45) is 5.41 Å². The lowest BCUT2D eigenvalue weighted by atomic mass is 9.88. The normalized spacial score (nSPS) is 25.0. The molecule has 1 nitrogen and oxygen atoms in total. The van der Waals surface area contributed by atoms with Gasteiger partial charge in [-0.1, -0.05) is 50.6 Å². The van der Waals surface area contributed by atoms with Gasteiger partial charge in [0, 0.05) is 12.6 Å². The molecule has 1 atom stereocenters. The van der Waals surface area contributed by atoms with Crippen molar-refractivity contribution >= 4 is 0 Å². The molecule has 1 aromatic rings. The van der Waals surface area contributed by atoms with Gasteiger partial charge in [0.2, 0.25) is 0 Å². The molecule has 0 unspecified atom stereocenters. The lowest BCUT2D eigenvalue weighted by molar-refractivity contribution is 0.329. The number of nitrogens with one attached hydrogen (secondary N) is 1. The summed E-state index contributed by atoms with van der Waals surface area (Å²) in [6.07, 6.45) is 5.21. The van der Waals surface area contributed by atoms with Crippen LogP contribution in [-0.2, 0) is 6.42 Å². The number of benzene rings is 1. The van der Waals surface area contributed by atoms with Crippen LogP contribution in [0.1, 0.15) is 38.7 Å². The zero-order valence-electron chi connectivity index (χ0n) is 10.5. The largest absolute Gasteiger partial charge is 0.313 e. The first-order valence-corrected chi connectivity index (χ1v) is 6.43. The topological polar surface area (TPSA) is 12.0 Å². The fraction of sp³-hybridized carbons (Fsp3) is 0.600. The van der Waals surface area contributed by atoms with E-state index in [0.29, 0.717) is 11.5 Å². The fourth-order valence-corrected chi connectivity index (χ4v) is 2.51. The van der Waals surface area contributed by atoms with Crippen LogP contribution in [0.15, 0.2) is 30.3 Å². The van der Waals surface area contributed by atoms with Crippen molar-refractivity contribution in [1.29, 1.82) is 0 Å². The molecule has 0 aliphatic carbocycles. The second-order valence-corrected chi connectivity index (χ2v) is 5.82. The smallest absolute Gasteiger partial charge is 0.0108 e. The Hall–Kier alpha value is -0.820. The average Bonchev–Trinajstić information content (AvgIpc) is 2.42. The Morgan fingerprint density at radius 1 is 1.25 bits per heavy atom. The molecule has 16 heavy (non-hydrogen) atoms. The van der Waals surface area contributed by atoms with Gasteiger partial charge in [-0.2, -0.15) is 0 Å². The third kappa shape index (κ3) is 3.34. The van der Waals surface area contributed by atoms with Crippen LogP contribution in [0, 0.1) is 5.41 Å². The van der Waals surface area contributed by atoms with Crippen molar-refractivity contribution in [3.8, 4) is 0 Å². The molecular weight excluding hydrogens is 194 g/mol. The van der Waals surface area contributed by atoms with Gasteiger partial charge in [-0.15, -0.1) is 0 Å². The van der Waals surface area contributed by atoms with Gasteiger partial charge < -0.3 is 5.32 Å². The van der Waals surface area contributed by atoms with E-state index in [1.807, 2.05) is 0 Å². The van der Waals surface area contributed by atoms with Crippen LogP contribution in [0.5, 0.6) is 0 Å². The molecule has 1 heteroatoms. The summed E-state index contributed by atoms with van der Waals surface area (Å²) in [5.41, 5.74) is 1.94. The lowest BCUT2D eigenvalue weighted by Gasteiger charge is -2.23. The van der Waals surface area contributed by atoms with E-state index >= 15 is 0 Å². The van der Waals surface area contributed by atoms with E-state index < -0.39 is 0 Å². The average molecular weight is 217 g/mol. The molecular formula is C15H23N. The Bertz CT molecular complexity index is 315. The molecule has 1 heterocycles. The minimum absolute atomic E-state index is 0.478. The molecule has 1 saturated heterocycles. The molecule has 0 aromatic heterocycles. The van der Waals surface area contributed by atoms with Crippen molar-refractivity contribution < 1.29 is 0 Å². The third-order valence-corrected chi connectivity index (χ3v) is 3.60. The van der Waals surface area contributed by atoms with E-state index in [4.69, 9.17) is 0 Å². The maximum absolute atomic E-state index is 3.72. The molecule has 1 N–H and O–H groups in total. The number of rotatable bonds is 2. The van der Waals surface area contributed by atoms with Gasteiger partial charge in [0.15, 0.2) is 0 Å². The van der Waals surface area contributed by atoms with Crippen LogP contribution in [0.2, 0.25) is 0 Å². The Morgan fingerprint density at radius 3 is 2.75 bits per heavy atom. The number of hydrogen-bond donors (Lipinski definition) is 1. The summed E-state index contributed by atoms with van der Waals surface area (Å²) in [5, 5.41) is 3.72. The monoisotopic (exact) mass is 217 g/mol. The zero-order chi connectivity index (χ0) is 11.4. The quantitative estimate of drug-likeness (QED) is 0.800. The Kier molecular flexibility index (Phi) is 3.65. The first-order chi connectivity index (χ1) is 7.66.